The number of likely N-dealkylation sites (tertiary alicyclic amines) is 1. The van der Waals surface area contributed by atoms with Gasteiger partial charge in [0.05, 0.1) is 6.04 Å². The number of hydrogen-bond acceptors (Lipinski definition) is 5. The fourth-order valence-electron chi connectivity index (χ4n) is 2.16. The van der Waals surface area contributed by atoms with Crippen LogP contribution in [0.2, 0.25) is 0 Å². The highest BCUT2D eigenvalue weighted by molar-refractivity contribution is 5.97. The lowest BCUT2D eigenvalue weighted by molar-refractivity contribution is 0.0666. The number of nitrogens with zero attached hydrogens (tertiary/aromatic N) is 3. The molecule has 3 N–H and O–H groups in total. The number of rotatable bonds is 2. The van der Waals surface area contributed by atoms with Crippen LogP contribution < -0.4 is 5.73 Å². The lowest BCUT2D eigenvalue weighted by Crippen LogP contribution is -2.50. The second-order valence-corrected chi connectivity index (χ2v) is 4.36. The van der Waals surface area contributed by atoms with E-state index in [9.17, 15) is 4.79 Å². The van der Waals surface area contributed by atoms with E-state index in [4.69, 9.17) is 15.5 Å². The predicted octanol–water partition coefficient (Wildman–Crippen LogP) is 0.724. The van der Waals surface area contributed by atoms with Gasteiger partial charge in [-0.2, -0.15) is 0 Å². The standard InChI is InChI=1S/C11H16N4O3/c1-7-6-8(14-18-7)11(16)15-5-3-2-4-9(15)10(12)13-17/h6,9,17H,2-5H2,1H3,(H2,12,13). The number of nitrogens with two attached hydrogens (primary N) is 1. The minimum atomic E-state index is -0.367. The van der Waals surface area contributed by atoms with E-state index in [0.717, 1.165) is 12.8 Å². The summed E-state index contributed by atoms with van der Waals surface area (Å²) in [6, 6.07) is 1.22. The molecule has 2 heterocycles. The largest absolute Gasteiger partial charge is 0.409 e. The quantitative estimate of drug-likeness (QED) is 0.349. The fraction of sp³-hybridized carbons (Fsp3) is 0.545. The van der Waals surface area contributed by atoms with Crippen molar-refractivity contribution in [3.8, 4) is 0 Å². The summed E-state index contributed by atoms with van der Waals surface area (Å²) in [5.41, 5.74) is 5.88. The summed E-state index contributed by atoms with van der Waals surface area (Å²) >= 11 is 0. The van der Waals surface area contributed by atoms with Crippen molar-refractivity contribution in [2.24, 2.45) is 10.9 Å². The molecular formula is C11H16N4O3. The van der Waals surface area contributed by atoms with Crippen molar-refractivity contribution < 1.29 is 14.5 Å². The first-order valence-corrected chi connectivity index (χ1v) is 5.85. The molecule has 0 aliphatic carbocycles. The van der Waals surface area contributed by atoms with Crippen molar-refractivity contribution in [2.75, 3.05) is 6.54 Å². The van der Waals surface area contributed by atoms with Crippen LogP contribution in [-0.4, -0.2) is 39.6 Å². The summed E-state index contributed by atoms with van der Waals surface area (Å²) in [5.74, 6) is 0.391. The van der Waals surface area contributed by atoms with Crippen LogP contribution >= 0.6 is 0 Å². The maximum Gasteiger partial charge on any atom is 0.276 e. The second kappa shape index (κ2) is 5.07. The second-order valence-electron chi connectivity index (χ2n) is 4.36. The van der Waals surface area contributed by atoms with Gasteiger partial charge in [-0.1, -0.05) is 10.3 Å². The molecule has 7 nitrogen and oxygen atoms in total. The Morgan fingerprint density at radius 1 is 1.67 bits per heavy atom. The van der Waals surface area contributed by atoms with Crippen molar-refractivity contribution in [3.05, 3.63) is 17.5 Å². The van der Waals surface area contributed by atoms with Crippen molar-refractivity contribution in [1.82, 2.24) is 10.1 Å². The molecule has 0 saturated carbocycles. The lowest BCUT2D eigenvalue weighted by Gasteiger charge is -2.34. The molecule has 0 radical (unpaired) electrons. The van der Waals surface area contributed by atoms with E-state index in [0.29, 0.717) is 18.7 Å². The molecule has 0 spiro atoms. The molecule has 1 saturated heterocycles. The molecule has 98 valence electrons. The Morgan fingerprint density at radius 3 is 3.06 bits per heavy atom. The van der Waals surface area contributed by atoms with Gasteiger partial charge >= 0.3 is 0 Å². The summed E-state index contributed by atoms with van der Waals surface area (Å²) < 4.78 is 4.89. The summed E-state index contributed by atoms with van der Waals surface area (Å²) in [5, 5.41) is 15.5. The van der Waals surface area contributed by atoms with Crippen LogP contribution in [0.15, 0.2) is 15.7 Å². The first-order chi connectivity index (χ1) is 8.63. The van der Waals surface area contributed by atoms with Crippen LogP contribution in [0.3, 0.4) is 0 Å². The van der Waals surface area contributed by atoms with Crippen molar-refractivity contribution in [1.29, 1.82) is 0 Å². The SMILES string of the molecule is Cc1cc(C(=O)N2CCCCC2C(N)=NO)no1. The Labute approximate surface area is 104 Å². The van der Waals surface area contributed by atoms with Crippen LogP contribution in [0.1, 0.15) is 35.5 Å². The molecule has 0 bridgehead atoms. The van der Waals surface area contributed by atoms with Crippen molar-refractivity contribution in [2.45, 2.75) is 32.2 Å². The minimum absolute atomic E-state index is 0.0586. The third-order valence-electron chi connectivity index (χ3n) is 3.07. The van der Waals surface area contributed by atoms with E-state index < -0.39 is 0 Å². The van der Waals surface area contributed by atoms with E-state index in [1.54, 1.807) is 17.9 Å². The molecule has 1 aromatic rings. The third kappa shape index (κ3) is 2.29. The van der Waals surface area contributed by atoms with Gasteiger partial charge in [-0.25, -0.2) is 0 Å². The molecule has 1 aliphatic heterocycles. The maximum absolute atomic E-state index is 12.3. The van der Waals surface area contributed by atoms with Crippen molar-refractivity contribution in [3.63, 3.8) is 0 Å². The van der Waals surface area contributed by atoms with E-state index in [1.807, 2.05) is 0 Å². The van der Waals surface area contributed by atoms with Gasteiger partial charge in [0, 0.05) is 12.6 Å². The molecular weight excluding hydrogens is 236 g/mol. The number of amides is 1. The van der Waals surface area contributed by atoms with Crippen LogP contribution in [0.4, 0.5) is 0 Å². The highest BCUT2D eigenvalue weighted by atomic mass is 16.5. The van der Waals surface area contributed by atoms with Gasteiger partial charge in [0.15, 0.2) is 11.5 Å². The molecule has 2 rings (SSSR count). The topological polar surface area (TPSA) is 105 Å². The zero-order chi connectivity index (χ0) is 13.1. The van der Waals surface area contributed by atoms with Gasteiger partial charge in [-0.05, 0) is 26.2 Å². The van der Waals surface area contributed by atoms with Gasteiger partial charge < -0.3 is 20.4 Å². The zero-order valence-corrected chi connectivity index (χ0v) is 10.2. The van der Waals surface area contributed by atoms with E-state index in [2.05, 4.69) is 10.3 Å². The number of carbonyl (C=O) groups excluding carboxylic acids is 1. The van der Waals surface area contributed by atoms with Crippen LogP contribution in [-0.2, 0) is 0 Å². The van der Waals surface area contributed by atoms with Gasteiger partial charge in [0.1, 0.15) is 5.76 Å². The number of piperidine rings is 1. The molecule has 1 unspecified atom stereocenters. The number of aromatic nitrogens is 1. The van der Waals surface area contributed by atoms with Crippen LogP contribution in [0.5, 0.6) is 0 Å². The number of hydrogen-bond donors (Lipinski definition) is 2. The molecule has 18 heavy (non-hydrogen) atoms. The number of carbonyl (C=O) groups is 1. The van der Waals surface area contributed by atoms with E-state index >= 15 is 0 Å². The maximum atomic E-state index is 12.3. The third-order valence-corrected chi connectivity index (χ3v) is 3.07. The van der Waals surface area contributed by atoms with Gasteiger partial charge in [0.2, 0.25) is 0 Å². The monoisotopic (exact) mass is 252 g/mol. The molecule has 1 aromatic heterocycles. The number of amidine groups is 1. The minimum Gasteiger partial charge on any atom is -0.409 e. The highest BCUT2D eigenvalue weighted by Crippen LogP contribution is 2.19. The Morgan fingerprint density at radius 2 is 2.44 bits per heavy atom. The molecule has 0 aromatic carbocycles. The Hall–Kier alpha value is -2.05. The van der Waals surface area contributed by atoms with Gasteiger partial charge in [-0.15, -0.1) is 0 Å². The molecule has 1 fully saturated rings. The van der Waals surface area contributed by atoms with Crippen LogP contribution in [0.25, 0.3) is 0 Å². The first-order valence-electron chi connectivity index (χ1n) is 5.85. The number of aryl methyl sites for hydroxylation is 1. The van der Waals surface area contributed by atoms with Crippen molar-refractivity contribution >= 4 is 11.7 Å². The molecule has 1 aliphatic rings. The Kier molecular flexibility index (Phi) is 3.50. The summed E-state index contributed by atoms with van der Waals surface area (Å²) in [7, 11) is 0. The van der Waals surface area contributed by atoms with Gasteiger partial charge in [-0.3, -0.25) is 4.79 Å². The fourth-order valence-corrected chi connectivity index (χ4v) is 2.16. The average Bonchev–Trinajstić information content (AvgIpc) is 2.83. The van der Waals surface area contributed by atoms with E-state index in [1.165, 1.54) is 0 Å². The highest BCUT2D eigenvalue weighted by Gasteiger charge is 2.31. The molecule has 7 heteroatoms. The van der Waals surface area contributed by atoms with Gasteiger partial charge in [0.25, 0.3) is 5.91 Å². The predicted molar refractivity (Wildman–Crippen MR) is 63.3 cm³/mol. The summed E-state index contributed by atoms with van der Waals surface area (Å²) in [6.07, 6.45) is 2.54. The smallest absolute Gasteiger partial charge is 0.276 e. The average molecular weight is 252 g/mol. The molecule has 1 atom stereocenters. The Balaban J connectivity index is 2.21. The summed E-state index contributed by atoms with van der Waals surface area (Å²) in [4.78, 5) is 13.8. The number of oxime groups is 1. The first kappa shape index (κ1) is 12.4. The Bertz CT molecular complexity index is 469. The molecule has 1 amide bonds. The summed E-state index contributed by atoms with van der Waals surface area (Å²) in [6.45, 7) is 2.30. The normalized spacial score (nSPS) is 21.1. The van der Waals surface area contributed by atoms with E-state index in [-0.39, 0.29) is 23.5 Å². The zero-order valence-electron chi connectivity index (χ0n) is 10.2. The van der Waals surface area contributed by atoms with Crippen LogP contribution in [0, 0.1) is 6.92 Å². The lowest BCUT2D eigenvalue weighted by atomic mass is 10.0.